The molecule has 1 amide bonds. The third kappa shape index (κ3) is 4.62. The number of amides is 1. The quantitative estimate of drug-likeness (QED) is 0.423. The first-order chi connectivity index (χ1) is 15.3. The Bertz CT molecular complexity index is 1200. The average Bonchev–Trinajstić information content (AvgIpc) is 2.78. The van der Waals surface area contributed by atoms with E-state index in [9.17, 15) is 9.90 Å². The first kappa shape index (κ1) is 21.5. The number of rotatable bonds is 6. The molecule has 5 N–H and O–H groups in total. The van der Waals surface area contributed by atoms with Crippen molar-refractivity contribution >= 4 is 29.6 Å². The normalized spacial score (nSPS) is 12.9. The van der Waals surface area contributed by atoms with Crippen LogP contribution >= 0.6 is 12.1 Å². The number of ether oxygens (including phenoxy) is 1. The molecule has 164 valence electrons. The van der Waals surface area contributed by atoms with Gasteiger partial charge in [0.1, 0.15) is 23.9 Å². The number of pyridine rings is 1. The minimum Gasteiger partial charge on any atom is -0.507 e. The number of fused-ring (bicyclic) bond motifs is 1. The molecule has 0 saturated carbocycles. The van der Waals surface area contributed by atoms with Crippen molar-refractivity contribution in [2.75, 3.05) is 11.3 Å². The maximum Gasteiger partial charge on any atom is 0.251 e. The standard InChI is InChI=1S/C23H23N5O3S/c1-23(2,13-31-19-9-5-7-16-20(19)21(24)28-32-27-16)26-22(30)14-10-11-25-17(12-14)15-6-3-4-8-18(15)29/h3-12,27,29H,13H2,1-2H3,(H2,24,28)(H,26,30). The van der Waals surface area contributed by atoms with Crippen molar-refractivity contribution in [3.05, 3.63) is 71.9 Å². The number of para-hydroxylation sites is 1. The number of anilines is 1. The van der Waals surface area contributed by atoms with E-state index in [2.05, 4.69) is 19.4 Å². The summed E-state index contributed by atoms with van der Waals surface area (Å²) in [7, 11) is 0. The van der Waals surface area contributed by atoms with E-state index in [1.807, 2.05) is 32.0 Å². The largest absolute Gasteiger partial charge is 0.507 e. The zero-order valence-corrected chi connectivity index (χ0v) is 18.4. The van der Waals surface area contributed by atoms with Gasteiger partial charge in [-0.1, -0.05) is 18.2 Å². The lowest BCUT2D eigenvalue weighted by Gasteiger charge is -2.27. The van der Waals surface area contributed by atoms with Gasteiger partial charge in [-0.05, 0) is 50.2 Å². The molecule has 0 radical (unpaired) electrons. The van der Waals surface area contributed by atoms with Crippen LogP contribution in [0.1, 0.15) is 29.8 Å². The Morgan fingerprint density at radius 1 is 1.22 bits per heavy atom. The van der Waals surface area contributed by atoms with Gasteiger partial charge >= 0.3 is 0 Å². The van der Waals surface area contributed by atoms with Crippen molar-refractivity contribution in [1.29, 1.82) is 0 Å². The molecule has 0 spiro atoms. The van der Waals surface area contributed by atoms with Crippen LogP contribution in [0.25, 0.3) is 11.3 Å². The number of aromatic hydroxyl groups is 1. The Kier molecular flexibility index (Phi) is 5.91. The number of nitrogens with two attached hydrogens (primary N) is 1. The van der Waals surface area contributed by atoms with E-state index in [1.54, 1.807) is 42.6 Å². The molecule has 3 aromatic rings. The lowest BCUT2D eigenvalue weighted by Crippen LogP contribution is -2.48. The van der Waals surface area contributed by atoms with E-state index in [-0.39, 0.29) is 18.3 Å². The van der Waals surface area contributed by atoms with Crippen LogP contribution < -0.4 is 20.5 Å². The number of nitrogens with zero attached hydrogens (tertiary/aromatic N) is 2. The Morgan fingerprint density at radius 3 is 2.84 bits per heavy atom. The summed E-state index contributed by atoms with van der Waals surface area (Å²) in [5, 5.41) is 13.1. The maximum absolute atomic E-state index is 12.9. The predicted molar refractivity (Wildman–Crippen MR) is 127 cm³/mol. The van der Waals surface area contributed by atoms with Crippen LogP contribution in [0.2, 0.25) is 0 Å². The first-order valence-corrected chi connectivity index (χ1v) is 10.7. The van der Waals surface area contributed by atoms with Gasteiger partial charge in [-0.25, -0.2) is 0 Å². The number of aromatic nitrogens is 1. The minimum atomic E-state index is -0.680. The Balaban J connectivity index is 1.47. The Hall–Kier alpha value is -3.72. The molecule has 0 fully saturated rings. The van der Waals surface area contributed by atoms with Gasteiger partial charge in [0.05, 0.1) is 34.6 Å². The van der Waals surface area contributed by atoms with Crippen LogP contribution in [0.5, 0.6) is 11.5 Å². The third-order valence-corrected chi connectivity index (χ3v) is 5.42. The summed E-state index contributed by atoms with van der Waals surface area (Å²) in [5.74, 6) is 0.805. The molecular formula is C23H23N5O3S. The van der Waals surface area contributed by atoms with E-state index in [0.29, 0.717) is 34.0 Å². The van der Waals surface area contributed by atoms with Gasteiger partial charge in [-0.15, -0.1) is 0 Å². The second kappa shape index (κ2) is 8.80. The molecule has 1 aliphatic rings. The highest BCUT2D eigenvalue weighted by Gasteiger charge is 2.25. The monoisotopic (exact) mass is 449 g/mol. The molecule has 0 unspecified atom stereocenters. The summed E-state index contributed by atoms with van der Waals surface area (Å²) in [4.78, 5) is 17.2. The Labute approximate surface area is 190 Å². The number of phenolic OH excluding ortho intramolecular Hbond substituents is 1. The number of carbonyl (C=O) groups excluding carboxylic acids is 1. The highest BCUT2D eigenvalue weighted by atomic mass is 32.2. The van der Waals surface area contributed by atoms with Gasteiger partial charge in [0.2, 0.25) is 0 Å². The summed E-state index contributed by atoms with van der Waals surface area (Å²) in [6, 6.07) is 15.7. The maximum atomic E-state index is 12.9. The van der Waals surface area contributed by atoms with Crippen molar-refractivity contribution in [3.8, 4) is 22.8 Å². The highest BCUT2D eigenvalue weighted by molar-refractivity contribution is 7.99. The molecule has 9 heteroatoms. The van der Waals surface area contributed by atoms with Crippen LogP contribution in [0, 0.1) is 0 Å². The number of hydrogen-bond donors (Lipinski definition) is 4. The molecule has 0 bridgehead atoms. The number of carbonyl (C=O) groups is 1. The van der Waals surface area contributed by atoms with Crippen LogP contribution in [-0.2, 0) is 0 Å². The van der Waals surface area contributed by atoms with E-state index < -0.39 is 5.54 Å². The average molecular weight is 450 g/mol. The van der Waals surface area contributed by atoms with Gasteiger partial charge in [0.25, 0.3) is 5.91 Å². The molecule has 1 aliphatic heterocycles. The van der Waals surface area contributed by atoms with Crippen molar-refractivity contribution in [2.45, 2.75) is 19.4 Å². The molecule has 4 rings (SSSR count). The SMILES string of the molecule is CC(C)(COc1cccc2c1C(N)=NSN2)NC(=O)c1ccnc(-c2ccccc2O)c1. The molecule has 8 nitrogen and oxygen atoms in total. The van der Waals surface area contributed by atoms with Crippen LogP contribution in [0.4, 0.5) is 5.69 Å². The predicted octanol–water partition coefficient (Wildman–Crippen LogP) is 3.74. The van der Waals surface area contributed by atoms with Crippen LogP contribution in [-0.4, -0.2) is 34.0 Å². The van der Waals surface area contributed by atoms with Gasteiger partial charge < -0.3 is 25.6 Å². The van der Waals surface area contributed by atoms with Gasteiger partial charge in [-0.2, -0.15) is 4.40 Å². The molecule has 2 aromatic carbocycles. The number of hydrogen-bond acceptors (Lipinski definition) is 8. The topological polar surface area (TPSA) is 122 Å². The molecular weight excluding hydrogens is 426 g/mol. The van der Waals surface area contributed by atoms with Crippen LogP contribution in [0.15, 0.2) is 65.2 Å². The third-order valence-electron chi connectivity index (χ3n) is 4.82. The minimum absolute atomic E-state index is 0.105. The fraction of sp³-hybridized carbons (Fsp3) is 0.174. The van der Waals surface area contributed by atoms with Crippen LogP contribution in [0.3, 0.4) is 0 Å². The number of nitrogens with one attached hydrogen (secondary N) is 2. The number of benzene rings is 2. The first-order valence-electron chi connectivity index (χ1n) is 9.93. The zero-order valence-electron chi connectivity index (χ0n) is 17.6. The number of phenols is 1. The van der Waals surface area contributed by atoms with Crippen molar-refractivity contribution in [1.82, 2.24) is 10.3 Å². The molecule has 2 heterocycles. The fourth-order valence-corrected chi connectivity index (χ4v) is 3.75. The summed E-state index contributed by atoms with van der Waals surface area (Å²) < 4.78 is 13.2. The summed E-state index contributed by atoms with van der Waals surface area (Å²) in [5.41, 5.74) is 8.39. The summed E-state index contributed by atoms with van der Waals surface area (Å²) >= 11 is 1.16. The summed E-state index contributed by atoms with van der Waals surface area (Å²) in [6.07, 6.45) is 1.55. The van der Waals surface area contributed by atoms with E-state index in [1.165, 1.54) is 0 Å². The van der Waals surface area contributed by atoms with Crippen molar-refractivity contribution in [2.24, 2.45) is 10.1 Å². The fourth-order valence-electron chi connectivity index (χ4n) is 3.25. The van der Waals surface area contributed by atoms with Gasteiger partial charge in [0.15, 0.2) is 0 Å². The second-order valence-corrected chi connectivity index (χ2v) is 8.49. The summed E-state index contributed by atoms with van der Waals surface area (Å²) in [6.45, 7) is 3.96. The number of amidine groups is 1. The lowest BCUT2D eigenvalue weighted by atomic mass is 10.0. The molecule has 0 atom stereocenters. The second-order valence-electron chi connectivity index (χ2n) is 7.92. The van der Waals surface area contributed by atoms with E-state index >= 15 is 0 Å². The molecule has 32 heavy (non-hydrogen) atoms. The van der Waals surface area contributed by atoms with E-state index in [0.717, 1.165) is 17.8 Å². The smallest absolute Gasteiger partial charge is 0.251 e. The zero-order chi connectivity index (χ0) is 22.7. The molecule has 0 aliphatic carbocycles. The van der Waals surface area contributed by atoms with Crippen molar-refractivity contribution < 1.29 is 14.6 Å². The van der Waals surface area contributed by atoms with E-state index in [4.69, 9.17) is 10.5 Å². The van der Waals surface area contributed by atoms with Crippen molar-refractivity contribution in [3.63, 3.8) is 0 Å². The molecule has 1 aromatic heterocycles. The van der Waals surface area contributed by atoms with Gasteiger partial charge in [-0.3, -0.25) is 9.78 Å². The van der Waals surface area contributed by atoms with Gasteiger partial charge in [0, 0.05) is 17.3 Å². The lowest BCUT2D eigenvalue weighted by molar-refractivity contribution is 0.0880. The molecule has 0 saturated heterocycles. The Morgan fingerprint density at radius 2 is 2.03 bits per heavy atom. The highest BCUT2D eigenvalue weighted by Crippen LogP contribution is 2.32.